The highest BCUT2D eigenvalue weighted by Crippen LogP contribution is 2.15. The van der Waals surface area contributed by atoms with Crippen LogP contribution in [-0.2, 0) is 4.79 Å². The highest BCUT2D eigenvalue weighted by atomic mass is 19.1. The Morgan fingerprint density at radius 2 is 2.07 bits per heavy atom. The van der Waals surface area contributed by atoms with Gasteiger partial charge in [0.15, 0.2) is 0 Å². The topological polar surface area (TPSA) is 78.4 Å². The second-order valence-corrected chi connectivity index (χ2v) is 2.82. The first-order valence-corrected chi connectivity index (χ1v) is 4.06. The van der Waals surface area contributed by atoms with E-state index in [4.69, 9.17) is 5.21 Å². The molecule has 0 saturated carbocycles. The van der Waals surface area contributed by atoms with Crippen LogP contribution in [0.2, 0.25) is 0 Å². The first-order valence-electron chi connectivity index (χ1n) is 4.06. The smallest absolute Gasteiger partial charge is 0.274 e. The Bertz CT molecular complexity index is 406. The second-order valence-electron chi connectivity index (χ2n) is 2.82. The van der Waals surface area contributed by atoms with Crippen LogP contribution in [0.3, 0.4) is 0 Å². The van der Waals surface area contributed by atoms with Crippen LogP contribution in [0, 0.1) is 5.82 Å². The molecule has 0 aliphatic heterocycles. The average Bonchev–Trinajstić information content (AvgIpc) is 2.19. The maximum Gasteiger partial charge on any atom is 0.274 e. The van der Waals surface area contributed by atoms with Gasteiger partial charge in [0.2, 0.25) is 5.91 Å². The standard InChI is InChI=1S/C9H9FN2O3/c1-5(13)11-8-3-2-6(4-7(8)10)9(14)12-15/h2-4,15H,1H3,(H,11,13)(H,12,14). The van der Waals surface area contributed by atoms with Crippen LogP contribution in [0.5, 0.6) is 0 Å². The lowest BCUT2D eigenvalue weighted by molar-refractivity contribution is -0.114. The van der Waals surface area contributed by atoms with Crippen LogP contribution >= 0.6 is 0 Å². The largest absolute Gasteiger partial charge is 0.324 e. The molecule has 0 bridgehead atoms. The van der Waals surface area contributed by atoms with E-state index >= 15 is 0 Å². The molecule has 1 aromatic rings. The van der Waals surface area contributed by atoms with Gasteiger partial charge in [-0.1, -0.05) is 0 Å². The molecule has 0 fully saturated rings. The first-order chi connectivity index (χ1) is 7.04. The van der Waals surface area contributed by atoms with Crippen molar-refractivity contribution >= 4 is 17.5 Å². The van der Waals surface area contributed by atoms with Crippen molar-refractivity contribution in [1.82, 2.24) is 5.48 Å². The van der Waals surface area contributed by atoms with Gasteiger partial charge in [0.1, 0.15) is 5.82 Å². The van der Waals surface area contributed by atoms with Crippen LogP contribution in [-0.4, -0.2) is 17.0 Å². The van der Waals surface area contributed by atoms with Crippen molar-refractivity contribution in [1.29, 1.82) is 0 Å². The number of nitrogens with one attached hydrogen (secondary N) is 2. The summed E-state index contributed by atoms with van der Waals surface area (Å²) in [7, 11) is 0. The van der Waals surface area contributed by atoms with Gasteiger partial charge in [-0.3, -0.25) is 14.8 Å². The summed E-state index contributed by atoms with van der Waals surface area (Å²) in [6.45, 7) is 1.24. The molecule has 3 N–H and O–H groups in total. The minimum Gasteiger partial charge on any atom is -0.324 e. The predicted molar refractivity (Wildman–Crippen MR) is 50.0 cm³/mol. The summed E-state index contributed by atoms with van der Waals surface area (Å²) in [6, 6.07) is 3.43. The highest BCUT2D eigenvalue weighted by molar-refractivity contribution is 5.94. The molecule has 80 valence electrons. The van der Waals surface area contributed by atoms with E-state index in [1.807, 2.05) is 0 Å². The number of rotatable bonds is 2. The molecule has 0 radical (unpaired) electrons. The van der Waals surface area contributed by atoms with Crippen molar-refractivity contribution in [2.24, 2.45) is 0 Å². The minimum atomic E-state index is -0.816. The number of anilines is 1. The molecular formula is C9H9FN2O3. The molecule has 0 spiro atoms. The Kier molecular flexibility index (Phi) is 3.35. The molecule has 15 heavy (non-hydrogen) atoms. The van der Waals surface area contributed by atoms with Gasteiger partial charge in [-0.2, -0.15) is 0 Å². The van der Waals surface area contributed by atoms with E-state index in [2.05, 4.69) is 5.32 Å². The highest BCUT2D eigenvalue weighted by Gasteiger charge is 2.09. The molecular weight excluding hydrogens is 203 g/mol. The third-order valence-corrected chi connectivity index (χ3v) is 1.64. The summed E-state index contributed by atoms with van der Waals surface area (Å²) < 4.78 is 13.2. The number of halogens is 1. The second kappa shape index (κ2) is 4.52. The van der Waals surface area contributed by atoms with Gasteiger partial charge in [-0.25, -0.2) is 9.87 Å². The molecule has 0 aromatic heterocycles. The Morgan fingerprint density at radius 3 is 2.53 bits per heavy atom. The Morgan fingerprint density at radius 1 is 1.40 bits per heavy atom. The molecule has 2 amide bonds. The SMILES string of the molecule is CC(=O)Nc1ccc(C(=O)NO)cc1F. The Hall–Kier alpha value is -1.95. The third-order valence-electron chi connectivity index (χ3n) is 1.64. The Balaban J connectivity index is 2.97. The van der Waals surface area contributed by atoms with E-state index < -0.39 is 17.6 Å². The van der Waals surface area contributed by atoms with Crippen molar-refractivity contribution < 1.29 is 19.2 Å². The van der Waals surface area contributed by atoms with E-state index in [1.165, 1.54) is 24.5 Å². The molecule has 0 unspecified atom stereocenters. The summed E-state index contributed by atoms with van der Waals surface area (Å²) in [5.74, 6) is -1.97. The summed E-state index contributed by atoms with van der Waals surface area (Å²) >= 11 is 0. The van der Waals surface area contributed by atoms with Gasteiger partial charge in [0, 0.05) is 12.5 Å². The lowest BCUT2D eigenvalue weighted by Crippen LogP contribution is -2.19. The molecule has 0 aliphatic rings. The molecule has 1 aromatic carbocycles. The monoisotopic (exact) mass is 212 g/mol. The normalized spacial score (nSPS) is 9.53. The fourth-order valence-electron chi connectivity index (χ4n) is 1.01. The third kappa shape index (κ3) is 2.75. The maximum absolute atomic E-state index is 13.2. The van der Waals surface area contributed by atoms with Gasteiger partial charge < -0.3 is 5.32 Å². The zero-order valence-electron chi connectivity index (χ0n) is 7.87. The number of hydrogen-bond donors (Lipinski definition) is 3. The number of carbonyl (C=O) groups excluding carboxylic acids is 2. The lowest BCUT2D eigenvalue weighted by Gasteiger charge is -2.05. The van der Waals surface area contributed by atoms with Crippen LogP contribution in [0.4, 0.5) is 10.1 Å². The minimum absolute atomic E-state index is 0.0167. The number of hydroxylamine groups is 1. The van der Waals surface area contributed by atoms with Gasteiger partial charge in [0.05, 0.1) is 5.69 Å². The number of carbonyl (C=O) groups is 2. The first kappa shape index (κ1) is 11.1. The fraction of sp³-hybridized carbons (Fsp3) is 0.111. The lowest BCUT2D eigenvalue weighted by atomic mass is 10.2. The van der Waals surface area contributed by atoms with Crippen molar-refractivity contribution in [3.63, 3.8) is 0 Å². The molecule has 5 nitrogen and oxygen atoms in total. The molecule has 6 heteroatoms. The summed E-state index contributed by atoms with van der Waals surface area (Å²) in [5.41, 5.74) is 1.32. The van der Waals surface area contributed by atoms with E-state index in [0.29, 0.717) is 0 Å². The van der Waals surface area contributed by atoms with E-state index in [-0.39, 0.29) is 11.3 Å². The van der Waals surface area contributed by atoms with Gasteiger partial charge in [-0.05, 0) is 18.2 Å². The molecule has 0 saturated heterocycles. The summed E-state index contributed by atoms with van der Waals surface area (Å²) in [4.78, 5) is 21.5. The van der Waals surface area contributed by atoms with Crippen LogP contribution in [0.1, 0.15) is 17.3 Å². The van der Waals surface area contributed by atoms with Gasteiger partial charge in [-0.15, -0.1) is 0 Å². The quantitative estimate of drug-likeness (QED) is 0.503. The fourth-order valence-corrected chi connectivity index (χ4v) is 1.01. The average molecular weight is 212 g/mol. The van der Waals surface area contributed by atoms with Gasteiger partial charge >= 0.3 is 0 Å². The maximum atomic E-state index is 13.2. The molecule has 0 atom stereocenters. The van der Waals surface area contributed by atoms with Crippen LogP contribution in [0.15, 0.2) is 18.2 Å². The number of amides is 2. The summed E-state index contributed by atoms with van der Waals surface area (Å²) in [5, 5.41) is 10.6. The van der Waals surface area contributed by atoms with Crippen molar-refractivity contribution in [2.45, 2.75) is 6.92 Å². The number of hydrogen-bond acceptors (Lipinski definition) is 3. The van der Waals surface area contributed by atoms with E-state index in [9.17, 15) is 14.0 Å². The van der Waals surface area contributed by atoms with Gasteiger partial charge in [0.25, 0.3) is 5.91 Å². The van der Waals surface area contributed by atoms with Crippen molar-refractivity contribution in [3.8, 4) is 0 Å². The molecule has 1 rings (SSSR count). The number of benzene rings is 1. The van der Waals surface area contributed by atoms with Crippen molar-refractivity contribution in [2.75, 3.05) is 5.32 Å². The van der Waals surface area contributed by atoms with E-state index in [0.717, 1.165) is 6.07 Å². The Labute approximate surface area is 84.9 Å². The predicted octanol–water partition coefficient (Wildman–Crippen LogP) is 0.903. The molecule has 0 aliphatic carbocycles. The van der Waals surface area contributed by atoms with Crippen LogP contribution < -0.4 is 10.8 Å². The van der Waals surface area contributed by atoms with E-state index in [1.54, 1.807) is 0 Å². The van der Waals surface area contributed by atoms with Crippen LogP contribution in [0.25, 0.3) is 0 Å². The molecule has 0 heterocycles. The zero-order valence-corrected chi connectivity index (χ0v) is 7.87. The zero-order chi connectivity index (χ0) is 11.4. The summed E-state index contributed by atoms with van der Waals surface area (Å²) in [6.07, 6.45) is 0. The van der Waals surface area contributed by atoms with Crippen molar-refractivity contribution in [3.05, 3.63) is 29.6 Å².